The monoisotopic (exact) mass is 384 g/mol. The number of hydrazine groups is 1. The maximum Gasteiger partial charge on any atom is 0.273 e. The van der Waals surface area contributed by atoms with Crippen molar-refractivity contribution in [2.75, 3.05) is 19.6 Å². The molecule has 0 spiro atoms. The fraction of sp³-hybridized carbons (Fsp3) is 0.524. The summed E-state index contributed by atoms with van der Waals surface area (Å²) in [5.41, 5.74) is 8.88. The van der Waals surface area contributed by atoms with E-state index in [1.807, 2.05) is 10.3 Å². The van der Waals surface area contributed by atoms with Gasteiger partial charge >= 0.3 is 0 Å². The number of rotatable bonds is 5. The molecule has 5 nitrogen and oxygen atoms in total. The molecule has 144 valence electrons. The number of piperidine rings is 1. The number of amides is 1. The Kier molecular flexibility index (Phi) is 5.86. The first kappa shape index (κ1) is 18.6. The van der Waals surface area contributed by atoms with Crippen LogP contribution in [-0.2, 0) is 6.42 Å². The van der Waals surface area contributed by atoms with Crippen LogP contribution in [0.1, 0.15) is 53.2 Å². The minimum atomic E-state index is 0.101. The molecule has 2 unspecified atom stereocenters. The van der Waals surface area contributed by atoms with E-state index in [4.69, 9.17) is 0 Å². The van der Waals surface area contributed by atoms with Gasteiger partial charge < -0.3 is 4.90 Å². The number of benzene rings is 1. The van der Waals surface area contributed by atoms with Crippen LogP contribution in [0.4, 0.5) is 0 Å². The molecule has 2 atom stereocenters. The molecule has 2 fully saturated rings. The second-order valence-corrected chi connectivity index (χ2v) is 8.52. The smallest absolute Gasteiger partial charge is 0.273 e. The molecule has 0 radical (unpaired) electrons. The summed E-state index contributed by atoms with van der Waals surface area (Å²) in [7, 11) is 0. The molecule has 27 heavy (non-hydrogen) atoms. The Hall–Kier alpha value is -1.76. The first-order valence-corrected chi connectivity index (χ1v) is 10.9. The van der Waals surface area contributed by atoms with Crippen molar-refractivity contribution in [3.8, 4) is 0 Å². The zero-order chi connectivity index (χ0) is 18.6. The molecule has 2 saturated heterocycles. The van der Waals surface area contributed by atoms with Crippen LogP contribution in [-0.4, -0.2) is 41.5 Å². The highest BCUT2D eigenvalue weighted by Gasteiger charge is 2.37. The van der Waals surface area contributed by atoms with Gasteiger partial charge in [0.05, 0.1) is 5.01 Å². The van der Waals surface area contributed by atoms with Gasteiger partial charge in [-0.1, -0.05) is 37.3 Å². The van der Waals surface area contributed by atoms with Crippen molar-refractivity contribution >= 4 is 17.2 Å². The molecule has 2 aliphatic rings. The molecule has 2 aromatic rings. The first-order valence-electron chi connectivity index (χ1n) is 10.0. The molecule has 6 heteroatoms. The third-order valence-electron chi connectivity index (χ3n) is 5.82. The number of carbonyl (C=O) groups excluding carboxylic acids is 1. The number of thiazole rings is 1. The summed E-state index contributed by atoms with van der Waals surface area (Å²) in [5.74, 6) is 1.18. The second-order valence-electron chi connectivity index (χ2n) is 7.57. The predicted octanol–water partition coefficient (Wildman–Crippen LogP) is 3.21. The van der Waals surface area contributed by atoms with Crippen molar-refractivity contribution in [3.05, 3.63) is 52.0 Å². The van der Waals surface area contributed by atoms with Gasteiger partial charge in [-0.15, -0.1) is 11.3 Å². The molecular formula is C21H28N4OS. The topological polar surface area (TPSA) is 57.3 Å². The van der Waals surface area contributed by atoms with E-state index < -0.39 is 0 Å². The van der Waals surface area contributed by atoms with Crippen LogP contribution in [0, 0.1) is 5.92 Å². The van der Waals surface area contributed by atoms with E-state index in [1.165, 1.54) is 5.56 Å². The number of aromatic nitrogens is 1. The lowest BCUT2D eigenvalue weighted by atomic mass is 9.80. The van der Waals surface area contributed by atoms with Crippen LogP contribution in [0.15, 0.2) is 35.7 Å². The van der Waals surface area contributed by atoms with Crippen molar-refractivity contribution in [2.24, 2.45) is 5.92 Å². The zero-order valence-corrected chi connectivity index (χ0v) is 16.7. The van der Waals surface area contributed by atoms with Gasteiger partial charge in [0.15, 0.2) is 0 Å². The summed E-state index contributed by atoms with van der Waals surface area (Å²) in [4.78, 5) is 19.3. The summed E-state index contributed by atoms with van der Waals surface area (Å²) >= 11 is 1.61. The number of aryl methyl sites for hydroxylation is 1. The summed E-state index contributed by atoms with van der Waals surface area (Å²) in [6.45, 7) is 4.75. The highest BCUT2D eigenvalue weighted by atomic mass is 32.1. The van der Waals surface area contributed by atoms with E-state index in [9.17, 15) is 4.79 Å². The molecular weight excluding hydrogens is 356 g/mol. The minimum absolute atomic E-state index is 0.101. The highest BCUT2D eigenvalue weighted by molar-refractivity contribution is 7.09. The van der Waals surface area contributed by atoms with Gasteiger partial charge in [0, 0.05) is 37.0 Å². The Morgan fingerprint density at radius 2 is 2.04 bits per heavy atom. The summed E-state index contributed by atoms with van der Waals surface area (Å²) in [6.07, 6.45) is 4.11. The lowest BCUT2D eigenvalue weighted by molar-refractivity contribution is 0.0664. The average molecular weight is 385 g/mol. The third-order valence-corrected chi connectivity index (χ3v) is 6.73. The van der Waals surface area contributed by atoms with Gasteiger partial charge in [-0.3, -0.25) is 15.6 Å². The quantitative estimate of drug-likeness (QED) is 0.831. The standard InChI is InChI=1S/C21H28N4OS/c1-2-6-19-23-18(14-27-19)21(26)25-11-9-16(10-12-25)20-17(13-22-24-20)15-7-4-3-5-8-15/h3-5,7-8,14,16-17,20,22,24H,2,6,9-13H2,1H3. The third kappa shape index (κ3) is 4.08. The van der Waals surface area contributed by atoms with Gasteiger partial charge in [-0.05, 0) is 37.2 Å². The highest BCUT2D eigenvalue weighted by Crippen LogP contribution is 2.32. The van der Waals surface area contributed by atoms with Gasteiger partial charge in [0.1, 0.15) is 5.69 Å². The second kappa shape index (κ2) is 8.50. The maximum absolute atomic E-state index is 12.8. The van der Waals surface area contributed by atoms with E-state index in [1.54, 1.807) is 11.3 Å². The molecule has 1 aromatic carbocycles. The largest absolute Gasteiger partial charge is 0.337 e. The van der Waals surface area contributed by atoms with E-state index in [0.29, 0.717) is 23.6 Å². The van der Waals surface area contributed by atoms with Crippen LogP contribution in [0.5, 0.6) is 0 Å². The molecule has 1 amide bonds. The fourth-order valence-electron chi connectivity index (χ4n) is 4.35. The summed E-state index contributed by atoms with van der Waals surface area (Å²) < 4.78 is 0. The molecule has 1 aromatic heterocycles. The Bertz CT molecular complexity index is 755. The van der Waals surface area contributed by atoms with E-state index in [0.717, 1.165) is 50.3 Å². The van der Waals surface area contributed by atoms with Crippen molar-refractivity contribution in [3.63, 3.8) is 0 Å². The molecule has 4 rings (SSSR count). The van der Waals surface area contributed by atoms with Gasteiger partial charge in [-0.25, -0.2) is 4.98 Å². The average Bonchev–Trinajstić information content (AvgIpc) is 3.38. The number of nitrogens with one attached hydrogen (secondary N) is 2. The molecule has 3 heterocycles. The van der Waals surface area contributed by atoms with Crippen LogP contribution < -0.4 is 10.9 Å². The van der Waals surface area contributed by atoms with Crippen molar-refractivity contribution in [1.29, 1.82) is 0 Å². The molecule has 0 aliphatic carbocycles. The van der Waals surface area contributed by atoms with E-state index in [-0.39, 0.29) is 5.91 Å². The molecule has 2 N–H and O–H groups in total. The van der Waals surface area contributed by atoms with Crippen LogP contribution in [0.25, 0.3) is 0 Å². The Morgan fingerprint density at radius 1 is 1.26 bits per heavy atom. The number of carbonyl (C=O) groups is 1. The van der Waals surface area contributed by atoms with Crippen molar-refractivity contribution in [1.82, 2.24) is 20.7 Å². The van der Waals surface area contributed by atoms with E-state index >= 15 is 0 Å². The van der Waals surface area contributed by atoms with Gasteiger partial charge in [0.25, 0.3) is 5.91 Å². The number of likely N-dealkylation sites (tertiary alicyclic amines) is 1. The summed E-state index contributed by atoms with van der Waals surface area (Å²) in [6, 6.07) is 11.2. The van der Waals surface area contributed by atoms with Gasteiger partial charge in [0.2, 0.25) is 0 Å². The number of hydrogen-bond donors (Lipinski definition) is 2. The van der Waals surface area contributed by atoms with Crippen molar-refractivity contribution < 1.29 is 4.79 Å². The predicted molar refractivity (Wildman–Crippen MR) is 109 cm³/mol. The lowest BCUT2D eigenvalue weighted by Crippen LogP contribution is -2.45. The van der Waals surface area contributed by atoms with Crippen LogP contribution in [0.3, 0.4) is 0 Å². The van der Waals surface area contributed by atoms with Crippen molar-refractivity contribution in [2.45, 2.75) is 44.6 Å². The Morgan fingerprint density at radius 3 is 2.78 bits per heavy atom. The number of hydrogen-bond acceptors (Lipinski definition) is 5. The fourth-order valence-corrected chi connectivity index (χ4v) is 5.22. The minimum Gasteiger partial charge on any atom is -0.337 e. The number of nitrogens with zero attached hydrogens (tertiary/aromatic N) is 2. The van der Waals surface area contributed by atoms with Crippen LogP contribution >= 0.6 is 11.3 Å². The normalized spacial score (nSPS) is 23.7. The van der Waals surface area contributed by atoms with Crippen LogP contribution in [0.2, 0.25) is 0 Å². The molecule has 2 aliphatic heterocycles. The van der Waals surface area contributed by atoms with Gasteiger partial charge in [-0.2, -0.15) is 0 Å². The zero-order valence-electron chi connectivity index (χ0n) is 15.9. The van der Waals surface area contributed by atoms with E-state index in [2.05, 4.69) is 53.1 Å². The molecule has 0 saturated carbocycles. The lowest BCUT2D eigenvalue weighted by Gasteiger charge is -2.36. The molecule has 0 bridgehead atoms. The summed E-state index contributed by atoms with van der Waals surface area (Å²) in [5, 5.41) is 3.00. The first-order chi connectivity index (χ1) is 13.3. The Balaban J connectivity index is 1.36. The SMILES string of the molecule is CCCc1nc(C(=O)N2CCC(C3NNCC3c3ccccc3)CC2)cs1. The Labute approximate surface area is 165 Å². The maximum atomic E-state index is 12.8.